The summed E-state index contributed by atoms with van der Waals surface area (Å²) in [6.07, 6.45) is 11.4. The van der Waals surface area contributed by atoms with Crippen LogP contribution in [0.4, 0.5) is 0 Å². The molecule has 2 N–H and O–H groups in total. The lowest BCUT2D eigenvalue weighted by atomic mass is 9.33. The van der Waals surface area contributed by atoms with Crippen molar-refractivity contribution >= 4 is 5.97 Å². The molecule has 0 aromatic carbocycles. The van der Waals surface area contributed by atoms with Gasteiger partial charge < -0.3 is 14.9 Å². The van der Waals surface area contributed by atoms with Gasteiger partial charge in [-0.1, -0.05) is 53.2 Å². The van der Waals surface area contributed by atoms with Gasteiger partial charge in [-0.15, -0.1) is 0 Å². The zero-order valence-corrected chi connectivity index (χ0v) is 22.2. The van der Waals surface area contributed by atoms with Crippen LogP contribution in [-0.2, 0) is 9.53 Å². The molecular weight excluding hydrogens is 424 g/mol. The van der Waals surface area contributed by atoms with E-state index in [1.54, 1.807) is 0 Å². The van der Waals surface area contributed by atoms with Crippen molar-refractivity contribution in [2.75, 3.05) is 6.61 Å². The monoisotopic (exact) mass is 470 g/mol. The van der Waals surface area contributed by atoms with Gasteiger partial charge in [0, 0.05) is 11.8 Å². The highest BCUT2D eigenvalue weighted by atomic mass is 16.6. The Balaban J connectivity index is 1.44. The van der Waals surface area contributed by atoms with E-state index in [0.717, 1.165) is 44.9 Å². The van der Waals surface area contributed by atoms with Crippen LogP contribution in [-0.4, -0.2) is 35.0 Å². The van der Waals surface area contributed by atoms with Crippen LogP contribution < -0.4 is 0 Å². The maximum Gasteiger partial charge on any atom is 0.313 e. The van der Waals surface area contributed by atoms with Crippen molar-refractivity contribution in [2.24, 2.45) is 50.2 Å². The highest BCUT2D eigenvalue weighted by molar-refractivity contribution is 5.81. The maximum atomic E-state index is 13.3. The van der Waals surface area contributed by atoms with Crippen LogP contribution in [0, 0.1) is 50.2 Å². The van der Waals surface area contributed by atoms with Crippen LogP contribution in [0.1, 0.15) is 99.3 Å². The van der Waals surface area contributed by atoms with Crippen LogP contribution >= 0.6 is 0 Å². The zero-order chi connectivity index (χ0) is 24.5. The summed E-state index contributed by atoms with van der Waals surface area (Å²) in [7, 11) is 0. The fourth-order valence-corrected chi connectivity index (χ4v) is 11.1. The fourth-order valence-electron chi connectivity index (χ4n) is 11.1. The number of carbonyl (C=O) groups excluding carboxylic acids is 1. The van der Waals surface area contributed by atoms with Crippen molar-refractivity contribution in [1.82, 2.24) is 0 Å². The van der Waals surface area contributed by atoms with E-state index in [1.165, 1.54) is 18.4 Å². The smallest absolute Gasteiger partial charge is 0.313 e. The van der Waals surface area contributed by atoms with Crippen LogP contribution in [0.15, 0.2) is 11.6 Å². The summed E-state index contributed by atoms with van der Waals surface area (Å²) in [5, 5.41) is 21.2. The predicted octanol–water partition coefficient (Wildman–Crippen LogP) is 5.66. The Hall–Kier alpha value is -0.870. The van der Waals surface area contributed by atoms with Gasteiger partial charge in [-0.3, -0.25) is 4.79 Å². The predicted molar refractivity (Wildman–Crippen MR) is 132 cm³/mol. The summed E-state index contributed by atoms with van der Waals surface area (Å²) in [4.78, 5) is 13.3. The van der Waals surface area contributed by atoms with Gasteiger partial charge in [0.05, 0.1) is 18.1 Å². The molecule has 34 heavy (non-hydrogen) atoms. The highest BCUT2D eigenvalue weighted by Gasteiger charge is 2.72. The van der Waals surface area contributed by atoms with Gasteiger partial charge in [0.1, 0.15) is 6.10 Å². The number of allylic oxidation sites excluding steroid dienone is 2. The average Bonchev–Trinajstić information content (AvgIpc) is 3.08. The zero-order valence-electron chi connectivity index (χ0n) is 22.2. The molecule has 1 spiro atoms. The third-order valence-corrected chi connectivity index (χ3v) is 13.6. The van der Waals surface area contributed by atoms with E-state index in [-0.39, 0.29) is 63.2 Å². The average molecular weight is 471 g/mol. The second-order valence-corrected chi connectivity index (χ2v) is 15.0. The van der Waals surface area contributed by atoms with Gasteiger partial charge in [0.15, 0.2) is 0 Å². The van der Waals surface area contributed by atoms with E-state index in [0.29, 0.717) is 11.8 Å². The van der Waals surface area contributed by atoms with Gasteiger partial charge in [0.25, 0.3) is 0 Å². The standard InChI is InChI=1S/C30H46O4/c1-25(2)20-9-12-29(6)21(27(20,4)11-10-22(25)32)8-7-18-19-15-26(3,17-31)23-16-30(19,24(33)34-23)14-13-28(18,29)5/h7,19-23,31-32H,8-17H2,1-6H3/t19-,20-,21+,22-,23-,26+,27-,28+,29+,30+/m0/s1. The van der Waals surface area contributed by atoms with Gasteiger partial charge in [-0.25, -0.2) is 0 Å². The fraction of sp³-hybridized carbons (Fsp3) is 0.900. The number of aliphatic hydroxyl groups excluding tert-OH is 2. The Bertz CT molecular complexity index is 953. The number of aliphatic hydroxyl groups is 2. The molecule has 1 aliphatic heterocycles. The summed E-state index contributed by atoms with van der Waals surface area (Å²) in [6, 6.07) is 0. The third-order valence-electron chi connectivity index (χ3n) is 13.6. The number of hydrogen-bond donors (Lipinski definition) is 2. The number of esters is 1. The minimum atomic E-state index is -0.369. The van der Waals surface area contributed by atoms with Gasteiger partial charge >= 0.3 is 5.97 Å². The molecule has 1 saturated heterocycles. The van der Waals surface area contributed by atoms with Crippen molar-refractivity contribution in [3.8, 4) is 0 Å². The van der Waals surface area contributed by atoms with E-state index >= 15 is 0 Å². The molecule has 0 unspecified atom stereocenters. The topological polar surface area (TPSA) is 66.8 Å². The largest absolute Gasteiger partial charge is 0.461 e. The van der Waals surface area contributed by atoms with Crippen molar-refractivity contribution in [3.05, 3.63) is 11.6 Å². The number of carbonyl (C=O) groups is 1. The van der Waals surface area contributed by atoms with Gasteiger partial charge in [0.2, 0.25) is 0 Å². The Morgan fingerprint density at radius 2 is 1.71 bits per heavy atom. The second-order valence-electron chi connectivity index (χ2n) is 15.0. The third kappa shape index (κ3) is 2.46. The molecule has 4 saturated carbocycles. The summed E-state index contributed by atoms with van der Waals surface area (Å²) in [6.45, 7) is 14.5. The molecular formula is C30H46O4. The number of rotatable bonds is 1. The second kappa shape index (κ2) is 6.71. The minimum Gasteiger partial charge on any atom is -0.461 e. The molecule has 2 bridgehead atoms. The molecule has 190 valence electrons. The molecule has 5 fully saturated rings. The van der Waals surface area contributed by atoms with Crippen LogP contribution in [0.25, 0.3) is 0 Å². The van der Waals surface area contributed by atoms with E-state index in [4.69, 9.17) is 4.74 Å². The minimum absolute atomic E-state index is 0.00795. The van der Waals surface area contributed by atoms with E-state index in [2.05, 4.69) is 47.6 Å². The Morgan fingerprint density at radius 1 is 0.971 bits per heavy atom. The molecule has 4 heteroatoms. The summed E-state index contributed by atoms with van der Waals surface area (Å²) in [5.74, 6) is 1.36. The van der Waals surface area contributed by atoms with Gasteiger partial charge in [-0.05, 0) is 90.8 Å². The first-order valence-electron chi connectivity index (χ1n) is 14.0. The molecule has 5 aliphatic carbocycles. The molecule has 0 aromatic rings. The van der Waals surface area contributed by atoms with Crippen molar-refractivity contribution in [3.63, 3.8) is 0 Å². The lowest BCUT2D eigenvalue weighted by Crippen LogP contribution is -2.65. The molecule has 4 nitrogen and oxygen atoms in total. The Labute approximate surface area is 205 Å². The number of ether oxygens (including phenoxy) is 1. The Kier molecular flexibility index (Phi) is 4.64. The summed E-state index contributed by atoms with van der Waals surface area (Å²) >= 11 is 0. The van der Waals surface area contributed by atoms with Crippen LogP contribution in [0.2, 0.25) is 0 Å². The first-order chi connectivity index (χ1) is 15.8. The number of fused-ring (bicyclic) bond motifs is 7. The van der Waals surface area contributed by atoms with Crippen molar-refractivity contribution < 1.29 is 19.7 Å². The van der Waals surface area contributed by atoms with Crippen molar-refractivity contribution in [2.45, 2.75) is 112 Å². The van der Waals surface area contributed by atoms with Crippen LogP contribution in [0.3, 0.4) is 0 Å². The van der Waals surface area contributed by atoms with Crippen LogP contribution in [0.5, 0.6) is 0 Å². The molecule has 10 atom stereocenters. The highest BCUT2D eigenvalue weighted by Crippen LogP contribution is 2.76. The van der Waals surface area contributed by atoms with E-state index in [9.17, 15) is 15.0 Å². The van der Waals surface area contributed by atoms with Gasteiger partial charge in [-0.2, -0.15) is 0 Å². The normalized spacial score (nSPS) is 57.5. The first-order valence-corrected chi connectivity index (χ1v) is 14.0. The molecule has 0 aromatic heterocycles. The number of hydrogen-bond acceptors (Lipinski definition) is 4. The molecule has 6 rings (SSSR count). The summed E-state index contributed by atoms with van der Waals surface area (Å²) < 4.78 is 5.97. The molecule has 6 aliphatic rings. The lowest BCUT2D eigenvalue weighted by molar-refractivity contribution is -0.202. The van der Waals surface area contributed by atoms with E-state index < -0.39 is 0 Å². The molecule has 0 amide bonds. The maximum absolute atomic E-state index is 13.3. The molecule has 1 heterocycles. The SMILES string of the molecule is CC1(C)[C@@H](O)CC[C@]2(C)[C@H]3CC=C4[C@@H]5C[C@](C)(CO)[C@@H]6C[C@@]5(CC[C@@]4(C)[C@]3(C)CC[C@@H]12)C(=O)O6. The summed E-state index contributed by atoms with van der Waals surface area (Å²) in [5.41, 5.74) is 1.27. The van der Waals surface area contributed by atoms with E-state index in [1.807, 2.05) is 0 Å². The van der Waals surface area contributed by atoms with Crippen molar-refractivity contribution in [1.29, 1.82) is 0 Å². The Morgan fingerprint density at radius 3 is 2.41 bits per heavy atom. The quantitative estimate of drug-likeness (QED) is 0.383. The molecule has 0 radical (unpaired) electrons. The lowest BCUT2D eigenvalue weighted by Gasteiger charge is -2.70. The first kappa shape index (κ1) is 23.5.